The van der Waals surface area contributed by atoms with Gasteiger partial charge in [-0.05, 0) is 39.5 Å². The van der Waals surface area contributed by atoms with Crippen LogP contribution in [-0.4, -0.2) is 40.8 Å². The van der Waals surface area contributed by atoms with E-state index in [1.165, 1.54) is 0 Å². The van der Waals surface area contributed by atoms with Crippen LogP contribution in [0.15, 0.2) is 0 Å². The molecular weight excluding hydrogens is 234 g/mol. The van der Waals surface area contributed by atoms with E-state index in [1.807, 2.05) is 20.8 Å². The second-order valence-electron chi connectivity index (χ2n) is 6.53. The Labute approximate surface area is 107 Å². The van der Waals surface area contributed by atoms with Gasteiger partial charge in [0.2, 0.25) is 0 Å². The molecule has 1 N–H and O–H groups in total. The molecule has 1 saturated carbocycles. The number of carboxylic acids is 1. The van der Waals surface area contributed by atoms with Gasteiger partial charge in [0, 0.05) is 18.5 Å². The summed E-state index contributed by atoms with van der Waals surface area (Å²) in [4.78, 5) is 24.5. The molecule has 102 valence electrons. The number of fused-ring (bicyclic) bond motifs is 1. The lowest BCUT2D eigenvalue weighted by molar-refractivity contribution is -0.142. The number of rotatable bonds is 2. The van der Waals surface area contributed by atoms with Crippen LogP contribution in [0.1, 0.15) is 40.0 Å². The van der Waals surface area contributed by atoms with Crippen LogP contribution >= 0.6 is 0 Å². The quantitative estimate of drug-likeness (QED) is 0.820. The summed E-state index contributed by atoms with van der Waals surface area (Å²) in [6, 6.07) is 0. The molecule has 0 bridgehead atoms. The van der Waals surface area contributed by atoms with Crippen molar-refractivity contribution < 1.29 is 19.4 Å². The van der Waals surface area contributed by atoms with E-state index in [-0.39, 0.29) is 17.9 Å². The molecule has 2 atom stereocenters. The van der Waals surface area contributed by atoms with Gasteiger partial charge in [0.25, 0.3) is 0 Å². The second-order valence-corrected chi connectivity index (χ2v) is 6.53. The molecule has 0 spiro atoms. The van der Waals surface area contributed by atoms with Gasteiger partial charge in [-0.3, -0.25) is 4.79 Å². The summed E-state index contributed by atoms with van der Waals surface area (Å²) in [5.41, 5.74) is -0.693. The highest BCUT2D eigenvalue weighted by Crippen LogP contribution is 2.54. The molecule has 0 aromatic heterocycles. The number of carboxylic acid groups (broad SMARTS) is 1. The Morgan fingerprint density at radius 1 is 1.44 bits per heavy atom. The summed E-state index contributed by atoms with van der Waals surface area (Å²) in [5, 5.41) is 8.97. The molecule has 1 amide bonds. The smallest absolute Gasteiger partial charge is 0.410 e. The summed E-state index contributed by atoms with van der Waals surface area (Å²) in [7, 11) is 0. The van der Waals surface area contributed by atoms with E-state index >= 15 is 0 Å². The third-order valence-corrected chi connectivity index (χ3v) is 3.96. The van der Waals surface area contributed by atoms with E-state index in [1.54, 1.807) is 4.90 Å². The number of nitrogens with zero attached hydrogens (tertiary/aromatic N) is 1. The Hall–Kier alpha value is -1.26. The van der Waals surface area contributed by atoms with Crippen LogP contribution < -0.4 is 0 Å². The van der Waals surface area contributed by atoms with Crippen molar-refractivity contribution in [2.24, 2.45) is 11.3 Å². The molecule has 2 rings (SSSR count). The second kappa shape index (κ2) is 4.14. The van der Waals surface area contributed by atoms with Crippen molar-refractivity contribution in [2.45, 2.75) is 45.6 Å². The highest BCUT2D eigenvalue weighted by atomic mass is 16.6. The molecule has 1 heterocycles. The summed E-state index contributed by atoms with van der Waals surface area (Å²) in [6.07, 6.45) is 1.77. The molecule has 0 radical (unpaired) electrons. The summed E-state index contributed by atoms with van der Waals surface area (Å²) < 4.78 is 5.34. The number of amides is 1. The molecule has 18 heavy (non-hydrogen) atoms. The number of ether oxygens (including phenoxy) is 1. The van der Waals surface area contributed by atoms with Crippen molar-refractivity contribution in [2.75, 3.05) is 13.1 Å². The van der Waals surface area contributed by atoms with E-state index in [2.05, 4.69) is 0 Å². The van der Waals surface area contributed by atoms with Crippen molar-refractivity contribution in [3.63, 3.8) is 0 Å². The van der Waals surface area contributed by atoms with Gasteiger partial charge in [0.15, 0.2) is 0 Å². The zero-order chi connectivity index (χ0) is 13.6. The van der Waals surface area contributed by atoms with Gasteiger partial charge in [-0.25, -0.2) is 4.79 Å². The minimum atomic E-state index is -0.772. The molecule has 2 fully saturated rings. The minimum Gasteiger partial charge on any atom is -0.481 e. The molecule has 2 aliphatic rings. The van der Waals surface area contributed by atoms with Crippen LogP contribution in [0.2, 0.25) is 0 Å². The van der Waals surface area contributed by atoms with Gasteiger partial charge in [-0.2, -0.15) is 0 Å². The molecule has 0 unspecified atom stereocenters. The Morgan fingerprint density at radius 3 is 2.56 bits per heavy atom. The largest absolute Gasteiger partial charge is 0.481 e. The maximum Gasteiger partial charge on any atom is 0.410 e. The third kappa shape index (κ3) is 2.44. The first-order valence-corrected chi connectivity index (χ1v) is 6.42. The van der Waals surface area contributed by atoms with Crippen molar-refractivity contribution >= 4 is 12.1 Å². The summed E-state index contributed by atoms with van der Waals surface area (Å²) in [6.45, 7) is 6.68. The number of likely N-dealkylation sites (tertiary alicyclic amines) is 1. The Bertz CT molecular complexity index is 374. The van der Waals surface area contributed by atoms with E-state index in [9.17, 15) is 9.59 Å². The maximum atomic E-state index is 12.0. The standard InChI is InChI=1S/C13H21NO4/c1-12(2,3)18-11(17)14-7-9-4-5-13(9,8-14)6-10(15)16/h9H,4-8H2,1-3H3,(H,15,16)/t9-,13-/m0/s1. The number of hydrogen-bond acceptors (Lipinski definition) is 3. The molecule has 1 saturated heterocycles. The monoisotopic (exact) mass is 255 g/mol. The SMILES string of the molecule is CC(C)(C)OC(=O)N1C[C@@H]2CC[C@]2(CC(=O)O)C1. The van der Waals surface area contributed by atoms with E-state index in [0.29, 0.717) is 19.0 Å². The third-order valence-electron chi connectivity index (χ3n) is 3.96. The Kier molecular flexibility index (Phi) is 3.03. The summed E-state index contributed by atoms with van der Waals surface area (Å²) in [5.74, 6) is -0.438. The van der Waals surface area contributed by atoms with Crippen LogP contribution in [0, 0.1) is 11.3 Å². The predicted octanol–water partition coefficient (Wildman–Crippen LogP) is 2.11. The molecule has 1 aliphatic carbocycles. The van der Waals surface area contributed by atoms with E-state index < -0.39 is 11.6 Å². The van der Waals surface area contributed by atoms with Gasteiger partial charge >= 0.3 is 12.1 Å². The fourth-order valence-electron chi connectivity index (χ4n) is 3.02. The first kappa shape index (κ1) is 13.2. The van der Waals surface area contributed by atoms with Crippen molar-refractivity contribution in [3.05, 3.63) is 0 Å². The molecule has 5 nitrogen and oxygen atoms in total. The normalized spacial score (nSPS) is 30.6. The Morgan fingerprint density at radius 2 is 2.11 bits per heavy atom. The van der Waals surface area contributed by atoms with E-state index in [0.717, 1.165) is 12.8 Å². The topological polar surface area (TPSA) is 66.8 Å². The van der Waals surface area contributed by atoms with Gasteiger partial charge in [-0.15, -0.1) is 0 Å². The van der Waals surface area contributed by atoms with Gasteiger partial charge in [0.1, 0.15) is 5.60 Å². The number of hydrogen-bond donors (Lipinski definition) is 1. The average Bonchev–Trinajstić information content (AvgIpc) is 2.39. The lowest BCUT2D eigenvalue weighted by Crippen LogP contribution is -2.41. The zero-order valence-corrected chi connectivity index (χ0v) is 11.2. The number of carbonyl (C=O) groups excluding carboxylic acids is 1. The molecule has 1 aliphatic heterocycles. The lowest BCUT2D eigenvalue weighted by Gasteiger charge is -2.42. The van der Waals surface area contributed by atoms with Crippen LogP contribution in [0.4, 0.5) is 4.79 Å². The summed E-state index contributed by atoms with van der Waals surface area (Å²) >= 11 is 0. The minimum absolute atomic E-state index is 0.164. The number of aliphatic carboxylic acids is 1. The van der Waals surface area contributed by atoms with Crippen LogP contribution in [0.25, 0.3) is 0 Å². The molecule has 5 heteroatoms. The molecule has 0 aromatic carbocycles. The van der Waals surface area contributed by atoms with Gasteiger partial charge in [0.05, 0.1) is 6.42 Å². The van der Waals surface area contributed by atoms with Crippen molar-refractivity contribution in [1.29, 1.82) is 0 Å². The Balaban J connectivity index is 1.99. The first-order valence-electron chi connectivity index (χ1n) is 6.42. The van der Waals surface area contributed by atoms with Crippen molar-refractivity contribution in [1.82, 2.24) is 4.90 Å². The highest BCUT2D eigenvalue weighted by molar-refractivity contribution is 5.71. The van der Waals surface area contributed by atoms with E-state index in [4.69, 9.17) is 9.84 Å². The fraction of sp³-hybridized carbons (Fsp3) is 0.846. The van der Waals surface area contributed by atoms with Crippen LogP contribution in [-0.2, 0) is 9.53 Å². The first-order chi connectivity index (χ1) is 8.22. The molecular formula is C13H21NO4. The zero-order valence-electron chi connectivity index (χ0n) is 11.2. The van der Waals surface area contributed by atoms with Gasteiger partial charge < -0.3 is 14.7 Å². The van der Waals surface area contributed by atoms with Crippen molar-refractivity contribution in [3.8, 4) is 0 Å². The predicted molar refractivity (Wildman–Crippen MR) is 65.2 cm³/mol. The number of carbonyl (C=O) groups is 2. The van der Waals surface area contributed by atoms with Gasteiger partial charge in [-0.1, -0.05) is 0 Å². The highest BCUT2D eigenvalue weighted by Gasteiger charge is 2.55. The maximum absolute atomic E-state index is 12.0. The van der Waals surface area contributed by atoms with Crippen LogP contribution in [0.5, 0.6) is 0 Å². The average molecular weight is 255 g/mol. The van der Waals surface area contributed by atoms with Crippen LogP contribution in [0.3, 0.4) is 0 Å². The molecule has 0 aromatic rings. The lowest BCUT2D eigenvalue weighted by atomic mass is 9.60. The fourth-order valence-corrected chi connectivity index (χ4v) is 3.02.